The summed E-state index contributed by atoms with van der Waals surface area (Å²) in [4.78, 5) is 11.8. The molecule has 0 aliphatic rings. The smallest absolute Gasteiger partial charge is 0.273 e. The van der Waals surface area contributed by atoms with Crippen LogP contribution in [0.15, 0.2) is 66.3 Å². The Hall–Kier alpha value is -2.92. The van der Waals surface area contributed by atoms with E-state index in [-0.39, 0.29) is 5.75 Å². The van der Waals surface area contributed by atoms with Gasteiger partial charge < -0.3 is 10.2 Å². The predicted octanol–water partition coefficient (Wildman–Crippen LogP) is 2.30. The Balaban J connectivity index is 2.03. The third-order valence-electron chi connectivity index (χ3n) is 3.26. The Morgan fingerprint density at radius 3 is 2.65 bits per heavy atom. The molecule has 1 amide bonds. The van der Waals surface area contributed by atoms with Crippen molar-refractivity contribution in [1.82, 2.24) is 5.43 Å². The van der Waals surface area contributed by atoms with E-state index in [1.54, 1.807) is 54.6 Å². The zero-order valence-electron chi connectivity index (χ0n) is 12.5. The Bertz CT molecular complexity index is 711. The highest BCUT2D eigenvalue weighted by Gasteiger charge is 2.16. The lowest BCUT2D eigenvalue weighted by atomic mass is 10.1. The fraction of sp³-hybridized carbons (Fsp3) is 0.111. The number of carbonyl (C=O) groups is 1. The number of rotatable bonds is 6. The van der Waals surface area contributed by atoms with Crippen LogP contribution in [0.3, 0.4) is 0 Å². The molecule has 118 valence electrons. The number of phenols is 1. The molecule has 2 rings (SSSR count). The van der Waals surface area contributed by atoms with Crippen molar-refractivity contribution in [1.29, 1.82) is 0 Å². The molecule has 0 saturated carbocycles. The summed E-state index contributed by atoms with van der Waals surface area (Å²) in [6.45, 7) is 3.63. The average molecular weight is 310 g/mol. The largest absolute Gasteiger partial charge is 0.507 e. The number of hydrogen-bond acceptors (Lipinski definition) is 4. The van der Waals surface area contributed by atoms with Gasteiger partial charge >= 0.3 is 0 Å². The van der Waals surface area contributed by atoms with Crippen molar-refractivity contribution in [3.05, 3.63) is 77.9 Å². The molecule has 23 heavy (non-hydrogen) atoms. The minimum absolute atomic E-state index is 0.0917. The Morgan fingerprint density at radius 1 is 1.22 bits per heavy atom. The van der Waals surface area contributed by atoms with Crippen LogP contribution in [0, 0.1) is 0 Å². The maximum Gasteiger partial charge on any atom is 0.273 e. The lowest BCUT2D eigenvalue weighted by molar-refractivity contribution is -0.129. The summed E-state index contributed by atoms with van der Waals surface area (Å²) in [6, 6.07) is 13.8. The van der Waals surface area contributed by atoms with E-state index in [1.165, 1.54) is 6.21 Å². The summed E-state index contributed by atoms with van der Waals surface area (Å²) in [5, 5.41) is 23.8. The molecule has 3 N–H and O–H groups in total. The number of aliphatic hydroxyl groups excluding tert-OH is 1. The molecule has 0 aliphatic heterocycles. The molecule has 0 fully saturated rings. The molecule has 5 nitrogen and oxygen atoms in total. The third kappa shape index (κ3) is 4.28. The van der Waals surface area contributed by atoms with Crippen molar-refractivity contribution in [2.45, 2.75) is 12.5 Å². The number of amides is 1. The first-order chi connectivity index (χ1) is 11.1. The van der Waals surface area contributed by atoms with Gasteiger partial charge in [0.2, 0.25) is 0 Å². The van der Waals surface area contributed by atoms with Crippen LogP contribution in [-0.2, 0) is 11.2 Å². The van der Waals surface area contributed by atoms with Crippen LogP contribution >= 0.6 is 0 Å². The minimum Gasteiger partial charge on any atom is -0.507 e. The SMILES string of the molecule is C=CCc1cccc(/C=N\NC(=O)[C@H](O)c2ccccc2)c1O. The maximum absolute atomic E-state index is 11.8. The number of aliphatic hydroxyl groups is 1. The van der Waals surface area contributed by atoms with Gasteiger partial charge in [0, 0.05) is 5.56 Å². The lowest BCUT2D eigenvalue weighted by Gasteiger charge is -2.08. The molecule has 0 heterocycles. The van der Waals surface area contributed by atoms with Gasteiger partial charge in [-0.2, -0.15) is 5.10 Å². The number of para-hydroxylation sites is 1. The number of carbonyl (C=O) groups excluding carboxylic acids is 1. The van der Waals surface area contributed by atoms with Crippen molar-refractivity contribution < 1.29 is 15.0 Å². The van der Waals surface area contributed by atoms with Gasteiger partial charge in [0.25, 0.3) is 5.91 Å². The quantitative estimate of drug-likeness (QED) is 0.435. The first-order valence-corrected chi connectivity index (χ1v) is 7.11. The van der Waals surface area contributed by atoms with Gasteiger partial charge in [0.05, 0.1) is 6.21 Å². The van der Waals surface area contributed by atoms with Crippen molar-refractivity contribution in [2.24, 2.45) is 5.10 Å². The van der Waals surface area contributed by atoms with E-state index in [2.05, 4.69) is 17.1 Å². The normalized spacial score (nSPS) is 12.0. The fourth-order valence-corrected chi connectivity index (χ4v) is 2.05. The zero-order valence-corrected chi connectivity index (χ0v) is 12.5. The highest BCUT2D eigenvalue weighted by Crippen LogP contribution is 2.21. The summed E-state index contributed by atoms with van der Waals surface area (Å²) >= 11 is 0. The molecular weight excluding hydrogens is 292 g/mol. The van der Waals surface area contributed by atoms with Crippen molar-refractivity contribution in [3.63, 3.8) is 0 Å². The number of hydrazone groups is 1. The third-order valence-corrected chi connectivity index (χ3v) is 3.26. The second-order valence-electron chi connectivity index (χ2n) is 4.90. The standard InChI is InChI=1S/C18H18N2O3/c1-2-7-13-10-6-11-15(16(13)21)12-19-20-18(23)17(22)14-8-4-3-5-9-14/h2-6,8-12,17,21-22H,1,7H2,(H,20,23)/b19-12-/t17-/m1/s1. The number of nitrogens with one attached hydrogen (secondary N) is 1. The molecule has 0 aliphatic carbocycles. The average Bonchev–Trinajstić information content (AvgIpc) is 2.58. The second kappa shape index (κ2) is 7.91. The summed E-state index contributed by atoms with van der Waals surface area (Å²) in [6.07, 6.45) is 2.26. The van der Waals surface area contributed by atoms with Gasteiger partial charge in [0.1, 0.15) is 5.75 Å². The topological polar surface area (TPSA) is 81.9 Å². The summed E-state index contributed by atoms with van der Waals surface area (Å²) in [7, 11) is 0. The predicted molar refractivity (Wildman–Crippen MR) is 89.1 cm³/mol. The molecule has 5 heteroatoms. The summed E-state index contributed by atoms with van der Waals surface area (Å²) in [5.41, 5.74) is 3.93. The Morgan fingerprint density at radius 2 is 1.96 bits per heavy atom. The van der Waals surface area contributed by atoms with E-state index in [1.807, 2.05) is 0 Å². The number of hydrogen-bond donors (Lipinski definition) is 3. The second-order valence-corrected chi connectivity index (χ2v) is 4.90. The van der Waals surface area contributed by atoms with Crippen LogP contribution in [0.2, 0.25) is 0 Å². The van der Waals surface area contributed by atoms with Gasteiger partial charge in [-0.05, 0) is 23.6 Å². The van der Waals surface area contributed by atoms with E-state index in [4.69, 9.17) is 0 Å². The molecule has 0 bridgehead atoms. The number of allylic oxidation sites excluding steroid dienone is 1. The lowest BCUT2D eigenvalue weighted by Crippen LogP contribution is -2.25. The first-order valence-electron chi connectivity index (χ1n) is 7.11. The molecule has 0 aromatic heterocycles. The molecule has 1 atom stereocenters. The van der Waals surface area contributed by atoms with Crippen molar-refractivity contribution >= 4 is 12.1 Å². The summed E-state index contributed by atoms with van der Waals surface area (Å²) in [5.74, 6) is -0.553. The van der Waals surface area contributed by atoms with Crippen LogP contribution in [0.1, 0.15) is 22.8 Å². The monoisotopic (exact) mass is 310 g/mol. The van der Waals surface area contributed by atoms with Gasteiger partial charge in [-0.25, -0.2) is 5.43 Å². The molecule has 0 unspecified atom stereocenters. The first kappa shape index (κ1) is 16.5. The van der Waals surface area contributed by atoms with Crippen molar-refractivity contribution in [3.8, 4) is 5.75 Å². The molecular formula is C18H18N2O3. The Labute approximate surface area is 134 Å². The number of phenolic OH excluding ortho intramolecular Hbond substituents is 1. The van der Waals surface area contributed by atoms with E-state index >= 15 is 0 Å². The van der Waals surface area contributed by atoms with Gasteiger partial charge in [0.15, 0.2) is 6.10 Å². The van der Waals surface area contributed by atoms with Gasteiger partial charge in [-0.15, -0.1) is 6.58 Å². The molecule has 0 spiro atoms. The molecule has 0 saturated heterocycles. The highest BCUT2D eigenvalue weighted by molar-refractivity contribution is 5.87. The summed E-state index contributed by atoms with van der Waals surface area (Å²) < 4.78 is 0. The van der Waals surface area contributed by atoms with Crippen LogP contribution < -0.4 is 5.43 Å². The Kier molecular flexibility index (Phi) is 5.66. The van der Waals surface area contributed by atoms with Crippen LogP contribution in [0.5, 0.6) is 5.75 Å². The minimum atomic E-state index is -1.30. The maximum atomic E-state index is 11.8. The zero-order chi connectivity index (χ0) is 16.7. The van der Waals surface area contributed by atoms with Crippen LogP contribution in [-0.4, -0.2) is 22.3 Å². The van der Waals surface area contributed by atoms with Crippen molar-refractivity contribution in [2.75, 3.05) is 0 Å². The fourth-order valence-electron chi connectivity index (χ4n) is 2.05. The molecule has 2 aromatic rings. The van der Waals surface area contributed by atoms with Gasteiger partial charge in [-0.1, -0.05) is 48.5 Å². The highest BCUT2D eigenvalue weighted by atomic mass is 16.3. The van der Waals surface area contributed by atoms with Crippen LogP contribution in [0.25, 0.3) is 0 Å². The van der Waals surface area contributed by atoms with E-state index < -0.39 is 12.0 Å². The van der Waals surface area contributed by atoms with E-state index in [0.29, 0.717) is 17.5 Å². The number of benzene rings is 2. The molecule has 0 radical (unpaired) electrons. The van der Waals surface area contributed by atoms with E-state index in [9.17, 15) is 15.0 Å². The van der Waals surface area contributed by atoms with Gasteiger partial charge in [-0.3, -0.25) is 4.79 Å². The number of nitrogens with zero attached hydrogens (tertiary/aromatic N) is 1. The molecule has 2 aromatic carbocycles. The number of aromatic hydroxyl groups is 1. The van der Waals surface area contributed by atoms with Crippen LogP contribution in [0.4, 0.5) is 0 Å². The van der Waals surface area contributed by atoms with E-state index in [0.717, 1.165) is 5.56 Å².